The Kier molecular flexibility index (Phi) is 24.3. The minimum atomic E-state index is -0.833. The first kappa shape index (κ1) is 16.1. The van der Waals surface area contributed by atoms with Crippen LogP contribution >= 0.6 is 0 Å². The topological polar surface area (TPSA) is 37.3 Å². The number of hydrogen-bond donors (Lipinski definition) is 1. The van der Waals surface area contributed by atoms with Crippen molar-refractivity contribution in [2.24, 2.45) is 0 Å². The monoisotopic (exact) mass is 102 g/mol. The van der Waals surface area contributed by atoms with Crippen LogP contribution in [0.15, 0.2) is 0 Å². The van der Waals surface area contributed by atoms with Crippen LogP contribution in [-0.4, -0.2) is 11.1 Å². The second-order valence-electron chi connectivity index (χ2n) is 0.519. The Labute approximate surface area is 57.2 Å². The summed E-state index contributed by atoms with van der Waals surface area (Å²) >= 11 is 0. The zero-order valence-electron chi connectivity index (χ0n) is 3.73. The van der Waals surface area contributed by atoms with Gasteiger partial charge in [-0.3, -0.25) is 4.79 Å². The summed E-state index contributed by atoms with van der Waals surface area (Å²) in [4.78, 5) is 9.00. The van der Waals surface area contributed by atoms with E-state index in [-0.39, 0.29) is 34.3 Å². The van der Waals surface area contributed by atoms with E-state index in [9.17, 15) is 0 Å². The Bertz CT molecular complexity index is 34.5. The van der Waals surface area contributed by atoms with Crippen molar-refractivity contribution in [1.29, 1.82) is 0 Å². The van der Waals surface area contributed by atoms with Gasteiger partial charge in [0.1, 0.15) is 0 Å². The van der Waals surface area contributed by atoms with Gasteiger partial charge in [0.05, 0.1) is 0 Å². The van der Waals surface area contributed by atoms with Gasteiger partial charge in [-0.2, -0.15) is 0 Å². The maximum absolute atomic E-state index is 9.00. The average molecular weight is 102 g/mol. The predicted octanol–water partition coefficient (Wildman–Crippen LogP) is -5.90. The van der Waals surface area contributed by atoms with Crippen LogP contribution in [0.2, 0.25) is 0 Å². The molecule has 0 bridgehead atoms. The van der Waals surface area contributed by atoms with E-state index in [0.717, 1.165) is 6.92 Å². The molecule has 0 radical (unpaired) electrons. The fraction of sp³-hybridized carbons (Fsp3) is 0.500. The summed E-state index contributed by atoms with van der Waals surface area (Å²) in [5, 5.41) is 7.42. The zero-order chi connectivity index (χ0) is 3.58. The summed E-state index contributed by atoms with van der Waals surface area (Å²) in [6.07, 6.45) is 0. The third-order valence-corrected chi connectivity index (χ3v) is 0. The van der Waals surface area contributed by atoms with Gasteiger partial charge in [-0.25, -0.2) is 0 Å². The molecule has 32 valence electrons. The van der Waals surface area contributed by atoms with Gasteiger partial charge in [0.2, 0.25) is 0 Å². The summed E-state index contributed by atoms with van der Waals surface area (Å²) in [7, 11) is 0. The second kappa shape index (κ2) is 9.04. The quantitative estimate of drug-likeness (QED) is 0.309. The van der Waals surface area contributed by atoms with E-state index in [4.69, 9.17) is 9.90 Å². The molecule has 2 nitrogen and oxygen atoms in total. The van der Waals surface area contributed by atoms with Crippen LogP contribution in [0.5, 0.6) is 0 Å². The van der Waals surface area contributed by atoms with Gasteiger partial charge >= 0.3 is 29.6 Å². The maximum atomic E-state index is 9.00. The molecule has 1 N–H and O–H groups in total. The Morgan fingerprint density at radius 1 is 1.67 bits per heavy atom. The number of hydrogen-bond acceptors (Lipinski definition) is 1. The first-order valence-electron chi connectivity index (χ1n) is 0.928. The van der Waals surface area contributed by atoms with Gasteiger partial charge in [-0.05, 0) is 0 Å². The number of rotatable bonds is 0. The molecule has 0 aliphatic carbocycles. The normalized spacial score (nSPS) is 4.17. The van der Waals surface area contributed by atoms with Gasteiger partial charge in [-0.1, -0.05) is 0 Å². The van der Waals surface area contributed by atoms with Crippen LogP contribution < -0.4 is 34.3 Å². The molecule has 0 saturated carbocycles. The second-order valence-corrected chi connectivity index (χ2v) is 0.519. The van der Waals surface area contributed by atoms with Gasteiger partial charge in [-0.15, -0.1) is 0 Å². The minimum absolute atomic E-state index is 0. The largest absolute Gasteiger partial charge is 1.00 e. The number of carboxylic acids is 1. The van der Waals surface area contributed by atoms with Crippen molar-refractivity contribution in [3.63, 3.8) is 0 Å². The SMILES string of the molecule is CC(=O)O.[F-].[Na+]. The van der Waals surface area contributed by atoms with Crippen molar-refractivity contribution in [2.75, 3.05) is 0 Å². The van der Waals surface area contributed by atoms with E-state index in [1.54, 1.807) is 0 Å². The number of carboxylic acid groups (broad SMARTS) is 1. The van der Waals surface area contributed by atoms with Crippen molar-refractivity contribution < 1.29 is 44.2 Å². The number of aliphatic carboxylic acids is 1. The van der Waals surface area contributed by atoms with Crippen LogP contribution in [0.3, 0.4) is 0 Å². The standard InChI is InChI=1S/C2H4O2.FH.Na/c1-2(3)4;;/h1H3,(H,3,4);1H;/q;;+1/p-1. The molecule has 0 amide bonds. The first-order valence-corrected chi connectivity index (χ1v) is 0.928. The first-order chi connectivity index (χ1) is 1.73. The van der Waals surface area contributed by atoms with Gasteiger partial charge in [0.15, 0.2) is 0 Å². The molecule has 0 rings (SSSR count). The molecule has 0 saturated heterocycles. The fourth-order valence-electron chi connectivity index (χ4n) is 0. The number of carbonyl (C=O) groups is 1. The Balaban J connectivity index is -0.0000000450. The van der Waals surface area contributed by atoms with Crippen molar-refractivity contribution in [3.8, 4) is 0 Å². The predicted molar refractivity (Wildman–Crippen MR) is 13.3 cm³/mol. The molecule has 0 aromatic rings. The van der Waals surface area contributed by atoms with Crippen LogP contribution in [0.1, 0.15) is 6.92 Å². The van der Waals surface area contributed by atoms with E-state index in [1.165, 1.54) is 0 Å². The van der Waals surface area contributed by atoms with Crippen LogP contribution in [0, 0.1) is 0 Å². The molecule has 0 aliphatic heterocycles. The van der Waals surface area contributed by atoms with Crippen molar-refractivity contribution in [2.45, 2.75) is 6.92 Å². The van der Waals surface area contributed by atoms with E-state index in [1.807, 2.05) is 0 Å². The third-order valence-electron chi connectivity index (χ3n) is 0. The van der Waals surface area contributed by atoms with Gasteiger partial charge < -0.3 is 9.81 Å². The molecule has 0 aromatic carbocycles. The van der Waals surface area contributed by atoms with Crippen LogP contribution in [-0.2, 0) is 4.79 Å². The fourth-order valence-corrected chi connectivity index (χ4v) is 0. The summed E-state index contributed by atoms with van der Waals surface area (Å²) in [6.45, 7) is 1.08. The Morgan fingerprint density at radius 2 is 1.67 bits per heavy atom. The Morgan fingerprint density at radius 3 is 1.67 bits per heavy atom. The molecule has 0 atom stereocenters. The molecule has 4 heteroatoms. The zero-order valence-corrected chi connectivity index (χ0v) is 5.73. The summed E-state index contributed by atoms with van der Waals surface area (Å²) in [5.74, 6) is -0.833. The van der Waals surface area contributed by atoms with Crippen molar-refractivity contribution in [1.82, 2.24) is 0 Å². The molecule has 0 aromatic heterocycles. The van der Waals surface area contributed by atoms with Crippen LogP contribution in [0.4, 0.5) is 0 Å². The van der Waals surface area contributed by atoms with E-state index in [2.05, 4.69) is 0 Å². The van der Waals surface area contributed by atoms with Crippen LogP contribution in [0.25, 0.3) is 0 Å². The van der Waals surface area contributed by atoms with Crippen molar-refractivity contribution in [3.05, 3.63) is 0 Å². The minimum Gasteiger partial charge on any atom is -1.00 e. The third kappa shape index (κ3) is 318. The summed E-state index contributed by atoms with van der Waals surface area (Å²) in [6, 6.07) is 0. The maximum Gasteiger partial charge on any atom is 1.00 e. The summed E-state index contributed by atoms with van der Waals surface area (Å²) < 4.78 is 0. The van der Waals surface area contributed by atoms with Gasteiger partial charge in [0.25, 0.3) is 5.97 Å². The molecule has 0 spiro atoms. The molecule has 0 aliphatic rings. The van der Waals surface area contributed by atoms with Gasteiger partial charge in [0, 0.05) is 6.92 Å². The van der Waals surface area contributed by atoms with E-state index in [0.29, 0.717) is 0 Å². The molecule has 0 unspecified atom stereocenters. The smallest absolute Gasteiger partial charge is 1.00 e. The average Bonchev–Trinajstić information content (AvgIpc) is 0.811. The van der Waals surface area contributed by atoms with E-state index < -0.39 is 5.97 Å². The number of halogens is 1. The molecular weight excluding hydrogens is 98.0 g/mol. The molecule has 0 fully saturated rings. The van der Waals surface area contributed by atoms with Crippen molar-refractivity contribution >= 4 is 5.97 Å². The molecule has 6 heavy (non-hydrogen) atoms. The van der Waals surface area contributed by atoms with E-state index >= 15 is 0 Å². The molecular formula is C2H4FNaO2. The molecule has 0 heterocycles. The Hall–Kier alpha value is 0.400. The summed E-state index contributed by atoms with van der Waals surface area (Å²) in [5.41, 5.74) is 0.